The summed E-state index contributed by atoms with van der Waals surface area (Å²) in [7, 11) is 3.84. The van der Waals surface area contributed by atoms with Gasteiger partial charge in [-0.3, -0.25) is 4.79 Å². The molecule has 1 aromatic carbocycles. The lowest BCUT2D eigenvalue weighted by molar-refractivity contribution is -0.137. The van der Waals surface area contributed by atoms with Gasteiger partial charge in [0.2, 0.25) is 5.78 Å². The number of nitriles is 1. The van der Waals surface area contributed by atoms with Crippen molar-refractivity contribution in [2.24, 2.45) is 0 Å². The second-order valence-corrected chi connectivity index (χ2v) is 5.24. The van der Waals surface area contributed by atoms with Crippen molar-refractivity contribution in [3.05, 3.63) is 59.4 Å². The maximum absolute atomic E-state index is 11.9. The molecule has 0 saturated carbocycles. The highest BCUT2D eigenvalue weighted by Gasteiger charge is 2.14. The fourth-order valence-electron chi connectivity index (χ4n) is 1.96. The fourth-order valence-corrected chi connectivity index (χ4v) is 1.96. The molecule has 0 bridgehead atoms. The van der Waals surface area contributed by atoms with Gasteiger partial charge in [0.15, 0.2) is 6.61 Å². The Hall–Kier alpha value is -3.33. The van der Waals surface area contributed by atoms with Crippen molar-refractivity contribution in [1.29, 1.82) is 5.26 Å². The Kier molecular flexibility index (Phi) is 5.53. The van der Waals surface area contributed by atoms with Gasteiger partial charge in [-0.25, -0.2) is 4.79 Å². The summed E-state index contributed by atoms with van der Waals surface area (Å²) in [6.07, 6.45) is 3.04. The Morgan fingerprint density at radius 1 is 1.25 bits per heavy atom. The van der Waals surface area contributed by atoms with Crippen LogP contribution in [0.3, 0.4) is 0 Å². The first kappa shape index (κ1) is 17.0. The molecule has 0 radical (unpaired) electrons. The van der Waals surface area contributed by atoms with E-state index in [9.17, 15) is 9.59 Å². The first-order valence-corrected chi connectivity index (χ1v) is 7.24. The van der Waals surface area contributed by atoms with Crippen molar-refractivity contribution < 1.29 is 14.3 Å². The van der Waals surface area contributed by atoms with Crippen molar-refractivity contribution >= 4 is 23.5 Å². The Balaban J connectivity index is 2.03. The molecule has 0 saturated heterocycles. The Bertz CT molecular complexity index is 782. The van der Waals surface area contributed by atoms with Crippen molar-refractivity contribution in [2.45, 2.75) is 0 Å². The molecule has 0 unspecified atom stereocenters. The number of esters is 1. The number of Topliss-reactive ketones (excluding diaryl/α,β-unsaturated/α-hetero) is 1. The molecule has 0 aliphatic heterocycles. The van der Waals surface area contributed by atoms with E-state index in [-0.39, 0.29) is 11.4 Å². The van der Waals surface area contributed by atoms with Gasteiger partial charge in [0.25, 0.3) is 0 Å². The minimum atomic E-state index is -0.825. The summed E-state index contributed by atoms with van der Waals surface area (Å²) in [4.78, 5) is 28.4. The summed E-state index contributed by atoms with van der Waals surface area (Å²) in [5.41, 5.74) is 1.89. The second kappa shape index (κ2) is 7.79. The minimum absolute atomic E-state index is 0.160. The number of H-pyrrole nitrogens is 1. The van der Waals surface area contributed by atoms with Gasteiger partial charge in [0, 0.05) is 26.0 Å². The van der Waals surface area contributed by atoms with Crippen LogP contribution in [0.25, 0.3) is 6.08 Å². The number of aromatic nitrogens is 1. The molecule has 0 amide bonds. The largest absolute Gasteiger partial charge is 0.453 e. The standard InChI is InChI=1S/C18H17N3O3/c1-21(2)15-7-5-13(6-8-15)10-14(11-19)18(23)24-12-17(22)16-4-3-9-20-16/h3-10,20H,12H2,1-2H3/b14-10+. The lowest BCUT2D eigenvalue weighted by Crippen LogP contribution is -2.15. The highest BCUT2D eigenvalue weighted by Crippen LogP contribution is 2.15. The first-order valence-electron chi connectivity index (χ1n) is 7.24. The zero-order chi connectivity index (χ0) is 17.5. The van der Waals surface area contributed by atoms with Crippen molar-refractivity contribution in [3.8, 4) is 6.07 Å². The Morgan fingerprint density at radius 2 is 1.96 bits per heavy atom. The SMILES string of the molecule is CN(C)c1ccc(/C=C(\C#N)C(=O)OCC(=O)c2ccc[nH]2)cc1. The van der Waals surface area contributed by atoms with Crippen LogP contribution in [-0.4, -0.2) is 37.4 Å². The normalized spacial score (nSPS) is 10.8. The van der Waals surface area contributed by atoms with E-state index in [1.165, 1.54) is 6.08 Å². The molecule has 2 rings (SSSR count). The summed E-state index contributed by atoms with van der Waals surface area (Å²) in [6, 6.07) is 12.4. The van der Waals surface area contributed by atoms with Crippen LogP contribution in [0.5, 0.6) is 0 Å². The molecule has 1 heterocycles. The fraction of sp³-hybridized carbons (Fsp3) is 0.167. The number of benzene rings is 1. The summed E-state index contributed by atoms with van der Waals surface area (Å²) in [6.45, 7) is -0.419. The molecule has 0 atom stereocenters. The van der Waals surface area contributed by atoms with E-state index in [1.807, 2.05) is 31.1 Å². The third-order valence-corrected chi connectivity index (χ3v) is 3.29. The summed E-state index contributed by atoms with van der Waals surface area (Å²) in [5.74, 6) is -1.19. The second-order valence-electron chi connectivity index (χ2n) is 5.24. The van der Waals surface area contributed by atoms with Gasteiger partial charge < -0.3 is 14.6 Å². The quantitative estimate of drug-likeness (QED) is 0.382. The topological polar surface area (TPSA) is 86.2 Å². The molecular weight excluding hydrogens is 306 g/mol. The average Bonchev–Trinajstić information content (AvgIpc) is 3.12. The first-order chi connectivity index (χ1) is 11.5. The molecule has 122 valence electrons. The van der Waals surface area contributed by atoms with Crippen LogP contribution in [0, 0.1) is 11.3 Å². The van der Waals surface area contributed by atoms with E-state index in [4.69, 9.17) is 10.00 Å². The van der Waals surface area contributed by atoms with E-state index in [1.54, 1.807) is 36.5 Å². The number of ketones is 1. The van der Waals surface area contributed by atoms with E-state index >= 15 is 0 Å². The predicted molar refractivity (Wildman–Crippen MR) is 90.4 cm³/mol. The lowest BCUT2D eigenvalue weighted by Gasteiger charge is -2.11. The average molecular weight is 323 g/mol. The molecule has 1 N–H and O–H groups in total. The van der Waals surface area contributed by atoms with Gasteiger partial charge >= 0.3 is 5.97 Å². The number of carbonyl (C=O) groups is 2. The molecule has 0 aliphatic rings. The van der Waals surface area contributed by atoms with E-state index in [0.29, 0.717) is 11.3 Å². The molecule has 6 heteroatoms. The van der Waals surface area contributed by atoms with Gasteiger partial charge in [-0.05, 0) is 35.9 Å². The third kappa shape index (κ3) is 4.34. The summed E-state index contributed by atoms with van der Waals surface area (Å²) < 4.78 is 4.91. The highest BCUT2D eigenvalue weighted by molar-refractivity contribution is 6.01. The zero-order valence-electron chi connectivity index (χ0n) is 13.4. The summed E-state index contributed by atoms with van der Waals surface area (Å²) >= 11 is 0. The molecule has 6 nitrogen and oxygen atoms in total. The smallest absolute Gasteiger partial charge is 0.349 e. The van der Waals surface area contributed by atoms with Gasteiger partial charge in [-0.2, -0.15) is 5.26 Å². The van der Waals surface area contributed by atoms with Gasteiger partial charge in [0.05, 0.1) is 5.69 Å². The van der Waals surface area contributed by atoms with Crippen molar-refractivity contribution in [3.63, 3.8) is 0 Å². The third-order valence-electron chi connectivity index (χ3n) is 3.29. The number of anilines is 1. The van der Waals surface area contributed by atoms with E-state index < -0.39 is 12.6 Å². The maximum Gasteiger partial charge on any atom is 0.349 e. The minimum Gasteiger partial charge on any atom is -0.453 e. The van der Waals surface area contributed by atoms with E-state index in [2.05, 4.69) is 4.98 Å². The molecule has 2 aromatic rings. The van der Waals surface area contributed by atoms with Crippen LogP contribution in [0.1, 0.15) is 16.1 Å². The maximum atomic E-state index is 11.9. The van der Waals surface area contributed by atoms with Crippen LogP contribution in [0.15, 0.2) is 48.2 Å². The molecular formula is C18H17N3O3. The monoisotopic (exact) mass is 323 g/mol. The van der Waals surface area contributed by atoms with Crippen LogP contribution in [0.2, 0.25) is 0 Å². The predicted octanol–water partition coefficient (Wildman–Crippen LogP) is 2.41. The van der Waals surface area contributed by atoms with Crippen LogP contribution < -0.4 is 4.90 Å². The number of carbonyl (C=O) groups excluding carboxylic acids is 2. The van der Waals surface area contributed by atoms with Gasteiger partial charge in [-0.1, -0.05) is 12.1 Å². The number of ether oxygens (including phenoxy) is 1. The van der Waals surface area contributed by atoms with Gasteiger partial charge in [0.1, 0.15) is 11.6 Å². The van der Waals surface area contributed by atoms with Gasteiger partial charge in [-0.15, -0.1) is 0 Å². The van der Waals surface area contributed by atoms with Crippen LogP contribution in [0.4, 0.5) is 5.69 Å². The number of nitrogens with one attached hydrogen (secondary N) is 1. The number of aromatic amines is 1. The molecule has 0 aliphatic carbocycles. The zero-order valence-corrected chi connectivity index (χ0v) is 13.4. The molecule has 24 heavy (non-hydrogen) atoms. The number of hydrogen-bond donors (Lipinski definition) is 1. The lowest BCUT2D eigenvalue weighted by atomic mass is 10.1. The van der Waals surface area contributed by atoms with Crippen molar-refractivity contribution in [2.75, 3.05) is 25.6 Å². The van der Waals surface area contributed by atoms with Crippen LogP contribution in [-0.2, 0) is 9.53 Å². The Morgan fingerprint density at radius 3 is 2.50 bits per heavy atom. The molecule has 0 fully saturated rings. The van der Waals surface area contributed by atoms with Crippen molar-refractivity contribution in [1.82, 2.24) is 4.98 Å². The number of nitrogens with zero attached hydrogens (tertiary/aromatic N) is 2. The van der Waals surface area contributed by atoms with E-state index in [0.717, 1.165) is 5.69 Å². The number of hydrogen-bond acceptors (Lipinski definition) is 5. The van der Waals surface area contributed by atoms with Crippen LogP contribution >= 0.6 is 0 Å². The molecule has 0 spiro atoms. The number of rotatable bonds is 6. The molecule has 1 aromatic heterocycles. The Labute approximate surface area is 140 Å². The highest BCUT2D eigenvalue weighted by atomic mass is 16.5. The summed E-state index contributed by atoms with van der Waals surface area (Å²) in [5, 5.41) is 9.13.